The third kappa shape index (κ3) is 4.34. The van der Waals surface area contributed by atoms with Gasteiger partial charge in [-0.3, -0.25) is 4.90 Å². The Morgan fingerprint density at radius 2 is 1.61 bits per heavy atom. The van der Waals surface area contributed by atoms with E-state index in [9.17, 15) is 5.11 Å². The standard InChI is InChI=1S/C20H25NO2/c1-15-3-5-17(6-4-15)14-23-20-9-7-16(8-10-20)13-21(2)18-11-19(22)12-18/h3-10,18-19,22H,11-14H2,1-2H3. The van der Waals surface area contributed by atoms with Crippen molar-refractivity contribution in [2.45, 2.75) is 45.1 Å². The minimum absolute atomic E-state index is 0.0972. The van der Waals surface area contributed by atoms with Gasteiger partial charge < -0.3 is 9.84 Å². The first kappa shape index (κ1) is 16.0. The average molecular weight is 311 g/mol. The van der Waals surface area contributed by atoms with Crippen molar-refractivity contribution in [2.24, 2.45) is 0 Å². The van der Waals surface area contributed by atoms with Crippen LogP contribution >= 0.6 is 0 Å². The summed E-state index contributed by atoms with van der Waals surface area (Å²) in [6, 6.07) is 17.2. The van der Waals surface area contributed by atoms with Gasteiger partial charge in [-0.15, -0.1) is 0 Å². The molecule has 0 unspecified atom stereocenters. The van der Waals surface area contributed by atoms with Gasteiger partial charge in [-0.05, 0) is 50.1 Å². The molecule has 0 aromatic heterocycles. The van der Waals surface area contributed by atoms with Gasteiger partial charge in [-0.2, -0.15) is 0 Å². The second-order valence-corrected chi connectivity index (χ2v) is 6.61. The van der Waals surface area contributed by atoms with Crippen molar-refractivity contribution in [3.63, 3.8) is 0 Å². The molecule has 3 rings (SSSR count). The Hall–Kier alpha value is -1.84. The van der Waals surface area contributed by atoms with Gasteiger partial charge in [0.15, 0.2) is 0 Å². The van der Waals surface area contributed by atoms with Gasteiger partial charge in [-0.1, -0.05) is 42.0 Å². The molecule has 0 radical (unpaired) electrons. The maximum Gasteiger partial charge on any atom is 0.119 e. The summed E-state index contributed by atoms with van der Waals surface area (Å²) in [7, 11) is 2.12. The zero-order valence-electron chi connectivity index (χ0n) is 13.9. The van der Waals surface area contributed by atoms with E-state index in [0.717, 1.165) is 25.1 Å². The van der Waals surface area contributed by atoms with Crippen LogP contribution < -0.4 is 4.74 Å². The van der Waals surface area contributed by atoms with Crippen molar-refractivity contribution in [3.05, 3.63) is 65.2 Å². The van der Waals surface area contributed by atoms with Gasteiger partial charge in [0.25, 0.3) is 0 Å². The molecule has 122 valence electrons. The highest BCUT2D eigenvalue weighted by Crippen LogP contribution is 2.26. The van der Waals surface area contributed by atoms with Gasteiger partial charge in [0.1, 0.15) is 12.4 Å². The molecule has 0 aliphatic heterocycles. The third-order valence-corrected chi connectivity index (χ3v) is 4.59. The minimum atomic E-state index is -0.0972. The van der Waals surface area contributed by atoms with Gasteiger partial charge in [0.05, 0.1) is 6.10 Å². The van der Waals surface area contributed by atoms with Crippen molar-refractivity contribution >= 4 is 0 Å². The summed E-state index contributed by atoms with van der Waals surface area (Å²) in [6.07, 6.45) is 1.70. The van der Waals surface area contributed by atoms with Crippen LogP contribution in [0.2, 0.25) is 0 Å². The van der Waals surface area contributed by atoms with Crippen LogP contribution in [0.4, 0.5) is 0 Å². The quantitative estimate of drug-likeness (QED) is 0.886. The molecule has 2 aromatic carbocycles. The molecule has 1 saturated carbocycles. The van der Waals surface area contributed by atoms with Crippen molar-refractivity contribution in [1.29, 1.82) is 0 Å². The predicted molar refractivity (Wildman–Crippen MR) is 92.4 cm³/mol. The van der Waals surface area contributed by atoms with Gasteiger partial charge in [0.2, 0.25) is 0 Å². The molecule has 23 heavy (non-hydrogen) atoms. The number of nitrogens with zero attached hydrogens (tertiary/aromatic N) is 1. The fourth-order valence-electron chi connectivity index (χ4n) is 2.88. The molecule has 1 aliphatic carbocycles. The van der Waals surface area contributed by atoms with E-state index in [1.165, 1.54) is 16.7 Å². The number of hydrogen-bond donors (Lipinski definition) is 1. The summed E-state index contributed by atoms with van der Waals surface area (Å²) in [5, 5.41) is 9.39. The molecule has 2 aromatic rings. The number of aliphatic hydroxyl groups is 1. The summed E-state index contributed by atoms with van der Waals surface area (Å²) in [5.74, 6) is 0.899. The largest absolute Gasteiger partial charge is 0.489 e. The maximum atomic E-state index is 9.39. The molecule has 3 heteroatoms. The molecule has 1 fully saturated rings. The van der Waals surface area contributed by atoms with Crippen molar-refractivity contribution < 1.29 is 9.84 Å². The van der Waals surface area contributed by atoms with E-state index < -0.39 is 0 Å². The lowest BCUT2D eigenvalue weighted by Crippen LogP contribution is -2.44. The number of ether oxygens (including phenoxy) is 1. The fourth-order valence-corrected chi connectivity index (χ4v) is 2.88. The number of aliphatic hydroxyl groups excluding tert-OH is 1. The highest BCUT2D eigenvalue weighted by atomic mass is 16.5. The topological polar surface area (TPSA) is 32.7 Å². The highest BCUT2D eigenvalue weighted by molar-refractivity contribution is 5.28. The Morgan fingerprint density at radius 3 is 2.22 bits per heavy atom. The summed E-state index contributed by atoms with van der Waals surface area (Å²) in [4.78, 5) is 2.31. The van der Waals surface area contributed by atoms with Crippen LogP contribution in [0.5, 0.6) is 5.75 Å². The molecule has 3 nitrogen and oxygen atoms in total. The van der Waals surface area contributed by atoms with Gasteiger partial charge >= 0.3 is 0 Å². The minimum Gasteiger partial charge on any atom is -0.489 e. The summed E-state index contributed by atoms with van der Waals surface area (Å²) < 4.78 is 5.84. The average Bonchev–Trinajstić information content (AvgIpc) is 2.52. The first-order valence-electron chi connectivity index (χ1n) is 8.26. The Morgan fingerprint density at radius 1 is 1.00 bits per heavy atom. The van der Waals surface area contributed by atoms with Crippen LogP contribution in [-0.2, 0) is 13.2 Å². The molecule has 1 aliphatic rings. The summed E-state index contributed by atoms with van der Waals surface area (Å²) in [5.41, 5.74) is 3.72. The second-order valence-electron chi connectivity index (χ2n) is 6.61. The number of hydrogen-bond acceptors (Lipinski definition) is 3. The molecule has 1 N–H and O–H groups in total. The zero-order valence-corrected chi connectivity index (χ0v) is 13.9. The molecular formula is C20H25NO2. The maximum absolute atomic E-state index is 9.39. The molecular weight excluding hydrogens is 286 g/mol. The van der Waals surface area contributed by atoms with Crippen LogP contribution in [-0.4, -0.2) is 29.2 Å². The molecule has 0 spiro atoms. The predicted octanol–water partition coefficient (Wildman–Crippen LogP) is 3.53. The van der Waals surface area contributed by atoms with E-state index in [1.54, 1.807) is 0 Å². The van der Waals surface area contributed by atoms with Crippen LogP contribution in [0.25, 0.3) is 0 Å². The van der Waals surface area contributed by atoms with E-state index in [2.05, 4.69) is 55.3 Å². The SMILES string of the molecule is Cc1ccc(COc2ccc(CN(C)C3CC(O)C3)cc2)cc1. The Balaban J connectivity index is 1.49. The smallest absolute Gasteiger partial charge is 0.119 e. The lowest BCUT2D eigenvalue weighted by Gasteiger charge is -2.38. The van der Waals surface area contributed by atoms with Crippen LogP contribution in [0.1, 0.15) is 29.5 Å². The van der Waals surface area contributed by atoms with Gasteiger partial charge in [-0.25, -0.2) is 0 Å². The van der Waals surface area contributed by atoms with E-state index >= 15 is 0 Å². The first-order valence-corrected chi connectivity index (χ1v) is 8.26. The molecule has 0 heterocycles. The van der Waals surface area contributed by atoms with E-state index in [1.807, 2.05) is 12.1 Å². The summed E-state index contributed by atoms with van der Waals surface area (Å²) in [6.45, 7) is 3.60. The lowest BCUT2D eigenvalue weighted by atomic mass is 9.88. The molecule has 0 atom stereocenters. The summed E-state index contributed by atoms with van der Waals surface area (Å²) >= 11 is 0. The number of rotatable bonds is 6. The highest BCUT2D eigenvalue weighted by Gasteiger charge is 2.30. The van der Waals surface area contributed by atoms with Crippen LogP contribution in [0.15, 0.2) is 48.5 Å². The molecule has 0 bridgehead atoms. The van der Waals surface area contributed by atoms with Crippen molar-refractivity contribution in [3.8, 4) is 5.75 Å². The molecule has 0 saturated heterocycles. The monoisotopic (exact) mass is 311 g/mol. The van der Waals surface area contributed by atoms with Crippen molar-refractivity contribution in [2.75, 3.05) is 7.05 Å². The van der Waals surface area contributed by atoms with Crippen molar-refractivity contribution in [1.82, 2.24) is 4.90 Å². The van der Waals surface area contributed by atoms with E-state index in [4.69, 9.17) is 4.74 Å². The molecule has 0 amide bonds. The number of aryl methyl sites for hydroxylation is 1. The van der Waals surface area contributed by atoms with E-state index in [-0.39, 0.29) is 6.10 Å². The van der Waals surface area contributed by atoms with Crippen LogP contribution in [0, 0.1) is 6.92 Å². The first-order chi connectivity index (χ1) is 11.1. The Labute approximate surface area is 138 Å². The normalized spacial score (nSPS) is 20.3. The second kappa shape index (κ2) is 7.16. The van der Waals surface area contributed by atoms with Crippen LogP contribution in [0.3, 0.4) is 0 Å². The Kier molecular flexibility index (Phi) is 4.99. The third-order valence-electron chi connectivity index (χ3n) is 4.59. The van der Waals surface area contributed by atoms with E-state index in [0.29, 0.717) is 12.6 Å². The number of benzene rings is 2. The van der Waals surface area contributed by atoms with Gasteiger partial charge in [0, 0.05) is 12.6 Å². The lowest BCUT2D eigenvalue weighted by molar-refractivity contribution is 0.00926. The Bertz CT molecular complexity index is 615. The fraction of sp³-hybridized carbons (Fsp3) is 0.400. The zero-order chi connectivity index (χ0) is 16.2.